The van der Waals surface area contributed by atoms with Crippen LogP contribution in [0.2, 0.25) is 5.02 Å². The van der Waals surface area contributed by atoms with Crippen molar-refractivity contribution >= 4 is 23.4 Å². The minimum Gasteiger partial charge on any atom is -0.484 e. The molecule has 3 rings (SSSR count). The van der Waals surface area contributed by atoms with Gasteiger partial charge in [-0.3, -0.25) is 9.59 Å². The van der Waals surface area contributed by atoms with E-state index in [1.807, 2.05) is 30.3 Å². The summed E-state index contributed by atoms with van der Waals surface area (Å²) in [5.74, 6) is 0.204. The molecule has 1 N–H and O–H groups in total. The summed E-state index contributed by atoms with van der Waals surface area (Å²) in [7, 11) is 0. The van der Waals surface area contributed by atoms with Gasteiger partial charge in [-0.15, -0.1) is 0 Å². The molecule has 2 aromatic rings. The molecule has 0 radical (unpaired) electrons. The molecule has 170 valence electrons. The van der Waals surface area contributed by atoms with Gasteiger partial charge in [-0.25, -0.2) is 0 Å². The van der Waals surface area contributed by atoms with Crippen molar-refractivity contribution < 1.29 is 14.3 Å². The third-order valence-electron chi connectivity index (χ3n) is 5.67. The highest BCUT2D eigenvalue weighted by Gasteiger charge is 2.26. The molecule has 2 aromatic carbocycles. The fourth-order valence-electron chi connectivity index (χ4n) is 3.74. The summed E-state index contributed by atoms with van der Waals surface area (Å²) in [5.41, 5.74) is 2.31. The molecule has 32 heavy (non-hydrogen) atoms. The lowest BCUT2D eigenvalue weighted by Gasteiger charge is -2.29. The first-order valence-electron chi connectivity index (χ1n) is 11.2. The summed E-state index contributed by atoms with van der Waals surface area (Å²) < 4.78 is 5.64. The fraction of sp³-hybridized carbons (Fsp3) is 0.385. The molecule has 0 aliphatic heterocycles. The maximum Gasteiger partial charge on any atom is 0.261 e. The van der Waals surface area contributed by atoms with Crippen LogP contribution in [0.25, 0.3) is 0 Å². The quantitative estimate of drug-likeness (QED) is 0.505. The van der Waals surface area contributed by atoms with Crippen molar-refractivity contribution in [1.29, 1.82) is 0 Å². The number of nitrogens with zero attached hydrogens (tertiary/aromatic N) is 1. The number of rotatable bonds is 10. The second-order valence-corrected chi connectivity index (χ2v) is 8.51. The van der Waals surface area contributed by atoms with E-state index in [9.17, 15) is 9.59 Å². The minimum absolute atomic E-state index is 0.137. The molecule has 0 saturated heterocycles. The van der Waals surface area contributed by atoms with Crippen LogP contribution in [0.15, 0.2) is 66.2 Å². The van der Waals surface area contributed by atoms with Gasteiger partial charge in [-0.1, -0.05) is 53.6 Å². The van der Waals surface area contributed by atoms with Crippen molar-refractivity contribution in [3.05, 3.63) is 76.8 Å². The number of halogens is 1. The number of hydrogen-bond acceptors (Lipinski definition) is 3. The molecule has 0 saturated carbocycles. The maximum absolute atomic E-state index is 13.0. The molecular weight excluding hydrogens is 424 g/mol. The molecule has 1 atom stereocenters. The Kier molecular flexibility index (Phi) is 9.17. The SMILES string of the molecule is CC(C(=O)NCCC1=CCCCC1)N(Cc1ccc(Cl)cc1)C(=O)COc1ccccc1. The highest BCUT2D eigenvalue weighted by molar-refractivity contribution is 6.30. The molecular formula is C26H31ClN2O3. The Morgan fingerprint density at radius 3 is 2.53 bits per heavy atom. The van der Waals surface area contributed by atoms with Gasteiger partial charge in [-0.2, -0.15) is 0 Å². The largest absolute Gasteiger partial charge is 0.484 e. The van der Waals surface area contributed by atoms with Crippen LogP contribution in [0, 0.1) is 0 Å². The summed E-state index contributed by atoms with van der Waals surface area (Å²) in [5, 5.41) is 3.62. The standard InChI is InChI=1S/C26H31ClN2O3/c1-20(26(31)28-17-16-21-8-4-2-5-9-21)29(18-22-12-14-23(27)15-13-22)25(30)19-32-24-10-6-3-7-11-24/h3,6-8,10-15,20H,2,4-5,9,16-19H2,1H3,(H,28,31). The normalized spacial score (nSPS) is 14.2. The van der Waals surface area contributed by atoms with Crippen LogP contribution in [-0.2, 0) is 16.1 Å². The second-order valence-electron chi connectivity index (χ2n) is 8.07. The Morgan fingerprint density at radius 1 is 1.09 bits per heavy atom. The van der Waals surface area contributed by atoms with Gasteiger partial charge in [0.1, 0.15) is 11.8 Å². The first kappa shape index (κ1) is 23.9. The third-order valence-corrected chi connectivity index (χ3v) is 5.92. The molecule has 0 bridgehead atoms. The molecule has 1 aliphatic carbocycles. The van der Waals surface area contributed by atoms with E-state index < -0.39 is 6.04 Å². The van der Waals surface area contributed by atoms with Crippen LogP contribution >= 0.6 is 11.6 Å². The van der Waals surface area contributed by atoms with E-state index in [-0.39, 0.29) is 18.4 Å². The molecule has 0 spiro atoms. The summed E-state index contributed by atoms with van der Waals surface area (Å²) in [6.45, 7) is 2.50. The van der Waals surface area contributed by atoms with E-state index in [4.69, 9.17) is 16.3 Å². The Labute approximate surface area is 195 Å². The lowest BCUT2D eigenvalue weighted by molar-refractivity contribution is -0.142. The minimum atomic E-state index is -0.627. The highest BCUT2D eigenvalue weighted by atomic mass is 35.5. The van der Waals surface area contributed by atoms with Crippen molar-refractivity contribution in [2.75, 3.05) is 13.2 Å². The van der Waals surface area contributed by atoms with Gasteiger partial charge in [0, 0.05) is 18.1 Å². The molecule has 0 fully saturated rings. The predicted molar refractivity (Wildman–Crippen MR) is 128 cm³/mol. The van der Waals surface area contributed by atoms with Crippen molar-refractivity contribution in [2.24, 2.45) is 0 Å². The van der Waals surface area contributed by atoms with Crippen molar-refractivity contribution in [3.8, 4) is 5.75 Å². The van der Waals surface area contributed by atoms with Crippen LogP contribution in [0.4, 0.5) is 0 Å². The molecule has 1 aliphatic rings. The van der Waals surface area contributed by atoms with E-state index in [1.165, 1.54) is 18.4 Å². The van der Waals surface area contributed by atoms with Gasteiger partial charge in [0.15, 0.2) is 6.61 Å². The molecule has 0 heterocycles. The smallest absolute Gasteiger partial charge is 0.261 e. The van der Waals surface area contributed by atoms with Gasteiger partial charge in [0.2, 0.25) is 5.91 Å². The number of para-hydroxylation sites is 1. The number of benzene rings is 2. The second kappa shape index (κ2) is 12.3. The van der Waals surface area contributed by atoms with Gasteiger partial charge in [0.05, 0.1) is 0 Å². The maximum atomic E-state index is 13.0. The Bertz CT molecular complexity index is 912. The Balaban J connectivity index is 1.62. The summed E-state index contributed by atoms with van der Waals surface area (Å²) in [6.07, 6.45) is 7.87. The zero-order valence-corrected chi connectivity index (χ0v) is 19.3. The highest BCUT2D eigenvalue weighted by Crippen LogP contribution is 2.19. The van der Waals surface area contributed by atoms with Gasteiger partial charge in [0.25, 0.3) is 5.91 Å². The first-order chi connectivity index (χ1) is 15.5. The van der Waals surface area contributed by atoms with E-state index in [0.717, 1.165) is 24.8 Å². The number of nitrogens with one attached hydrogen (secondary N) is 1. The van der Waals surface area contributed by atoms with E-state index >= 15 is 0 Å². The number of carbonyl (C=O) groups excluding carboxylic acids is 2. The molecule has 5 nitrogen and oxygen atoms in total. The van der Waals surface area contributed by atoms with E-state index in [1.54, 1.807) is 36.1 Å². The number of carbonyl (C=O) groups is 2. The van der Waals surface area contributed by atoms with Gasteiger partial charge >= 0.3 is 0 Å². The number of amides is 2. The summed E-state index contributed by atoms with van der Waals surface area (Å²) in [4.78, 5) is 27.5. The average Bonchev–Trinajstić information content (AvgIpc) is 2.83. The summed E-state index contributed by atoms with van der Waals surface area (Å²) >= 11 is 5.99. The molecule has 2 amide bonds. The van der Waals surface area contributed by atoms with E-state index in [0.29, 0.717) is 23.9 Å². The lowest BCUT2D eigenvalue weighted by atomic mass is 9.97. The van der Waals surface area contributed by atoms with Gasteiger partial charge in [-0.05, 0) is 68.9 Å². The van der Waals surface area contributed by atoms with Crippen molar-refractivity contribution in [1.82, 2.24) is 10.2 Å². The molecule has 0 aromatic heterocycles. The zero-order chi connectivity index (χ0) is 22.8. The molecule has 1 unspecified atom stereocenters. The monoisotopic (exact) mass is 454 g/mol. The van der Waals surface area contributed by atoms with E-state index in [2.05, 4.69) is 11.4 Å². The Hall–Kier alpha value is -2.79. The fourth-order valence-corrected chi connectivity index (χ4v) is 3.87. The average molecular weight is 455 g/mol. The van der Waals surface area contributed by atoms with Crippen LogP contribution < -0.4 is 10.1 Å². The van der Waals surface area contributed by atoms with Gasteiger partial charge < -0.3 is 15.0 Å². The van der Waals surface area contributed by atoms with Crippen LogP contribution in [0.1, 0.15) is 44.6 Å². The first-order valence-corrected chi connectivity index (χ1v) is 11.6. The molecule has 6 heteroatoms. The zero-order valence-electron chi connectivity index (χ0n) is 18.6. The van der Waals surface area contributed by atoms with Crippen LogP contribution in [0.5, 0.6) is 5.75 Å². The third kappa shape index (κ3) is 7.41. The topological polar surface area (TPSA) is 58.6 Å². The number of allylic oxidation sites excluding steroid dienone is 1. The lowest BCUT2D eigenvalue weighted by Crippen LogP contribution is -2.49. The van der Waals surface area contributed by atoms with Crippen LogP contribution in [-0.4, -0.2) is 35.9 Å². The number of ether oxygens (including phenoxy) is 1. The Morgan fingerprint density at radius 2 is 1.84 bits per heavy atom. The predicted octanol–water partition coefficient (Wildman–Crippen LogP) is 5.14. The van der Waals surface area contributed by atoms with Crippen molar-refractivity contribution in [3.63, 3.8) is 0 Å². The summed E-state index contributed by atoms with van der Waals surface area (Å²) in [6, 6.07) is 15.8. The van der Waals surface area contributed by atoms with Crippen LogP contribution in [0.3, 0.4) is 0 Å². The van der Waals surface area contributed by atoms with Crippen molar-refractivity contribution in [2.45, 2.75) is 51.6 Å². The number of hydrogen-bond donors (Lipinski definition) is 1.